The number of aryl methyl sites for hydroxylation is 3. The number of amides is 3. The number of rotatable bonds is 2. The van der Waals surface area contributed by atoms with E-state index in [-0.39, 0.29) is 12.0 Å². The number of hydrogen-bond donors (Lipinski definition) is 2. The minimum absolute atomic E-state index is 0.165. The number of benzene rings is 1. The Morgan fingerprint density at radius 3 is 2.62 bits per heavy atom. The summed E-state index contributed by atoms with van der Waals surface area (Å²) < 4.78 is 7.10. The van der Waals surface area contributed by atoms with Gasteiger partial charge in [-0.3, -0.25) is 10.2 Å². The van der Waals surface area contributed by atoms with Crippen LogP contribution in [0.1, 0.15) is 44.1 Å². The van der Waals surface area contributed by atoms with Gasteiger partial charge in [0.15, 0.2) is 0 Å². The Hall–Kier alpha value is -3.69. The first-order valence-electron chi connectivity index (χ1n) is 10.5. The number of carbonyl (C=O) groups excluding carboxylic acids is 2. The van der Waals surface area contributed by atoms with Crippen LogP contribution in [0.5, 0.6) is 0 Å². The van der Waals surface area contributed by atoms with Crippen molar-refractivity contribution in [3.8, 4) is 0 Å². The van der Waals surface area contributed by atoms with Crippen molar-refractivity contribution in [1.29, 1.82) is 0 Å². The van der Waals surface area contributed by atoms with E-state index in [9.17, 15) is 9.59 Å². The molecule has 0 spiro atoms. The van der Waals surface area contributed by atoms with Crippen molar-refractivity contribution in [3.05, 3.63) is 41.2 Å². The second-order valence-corrected chi connectivity index (χ2v) is 8.84. The number of nitrogens with one attached hydrogen (secondary N) is 2. The maximum Gasteiger partial charge on any atom is 0.414 e. The molecular weight excluding hydrogens is 410 g/mol. The third-order valence-electron chi connectivity index (χ3n) is 4.91. The van der Waals surface area contributed by atoms with Gasteiger partial charge in [0.25, 0.3) is 11.7 Å². The topological polar surface area (TPSA) is 114 Å². The summed E-state index contributed by atoms with van der Waals surface area (Å²) >= 11 is 0. The third kappa shape index (κ3) is 4.63. The Bertz CT molecular complexity index is 1200. The molecule has 1 aliphatic heterocycles. The fourth-order valence-electron chi connectivity index (χ4n) is 3.66. The summed E-state index contributed by atoms with van der Waals surface area (Å²) in [7, 11) is 0. The predicted octanol–water partition coefficient (Wildman–Crippen LogP) is 4.07. The summed E-state index contributed by atoms with van der Waals surface area (Å²) in [6.07, 6.45) is 1.26. The molecule has 0 fully saturated rings. The maximum atomic E-state index is 12.6. The van der Waals surface area contributed by atoms with E-state index in [0.29, 0.717) is 18.0 Å². The minimum Gasteiger partial charge on any atom is -0.443 e. The first kappa shape index (κ1) is 21.5. The molecule has 2 aromatic heterocycles. The van der Waals surface area contributed by atoms with Gasteiger partial charge in [-0.1, -0.05) is 0 Å². The highest BCUT2D eigenvalue weighted by atomic mass is 16.6. The molecule has 4 rings (SSSR count). The summed E-state index contributed by atoms with van der Waals surface area (Å²) in [5.74, 6) is 0.589. The van der Waals surface area contributed by atoms with Gasteiger partial charge in [-0.2, -0.15) is 9.50 Å². The first-order valence-corrected chi connectivity index (χ1v) is 10.5. The summed E-state index contributed by atoms with van der Waals surface area (Å²) in [4.78, 5) is 35.3. The van der Waals surface area contributed by atoms with Crippen LogP contribution in [-0.2, 0) is 11.2 Å². The maximum absolute atomic E-state index is 12.6. The molecule has 1 aliphatic rings. The first-order chi connectivity index (χ1) is 15.1. The van der Waals surface area contributed by atoms with Crippen LogP contribution in [0.3, 0.4) is 0 Å². The molecule has 10 heteroatoms. The average Bonchev–Trinajstić information content (AvgIpc) is 3.08. The normalized spacial score (nSPS) is 13.6. The van der Waals surface area contributed by atoms with Crippen LogP contribution in [0.25, 0.3) is 5.78 Å². The molecule has 0 atom stereocenters. The van der Waals surface area contributed by atoms with Crippen molar-refractivity contribution in [2.75, 3.05) is 22.1 Å². The second kappa shape index (κ2) is 8.10. The third-order valence-corrected chi connectivity index (χ3v) is 4.91. The molecule has 3 aromatic rings. The molecule has 0 radical (unpaired) electrons. The summed E-state index contributed by atoms with van der Waals surface area (Å²) in [5, 5.41) is 9.72. The van der Waals surface area contributed by atoms with Gasteiger partial charge in [0, 0.05) is 23.6 Å². The fraction of sp³-hybridized carbons (Fsp3) is 0.409. The molecule has 0 bridgehead atoms. The Morgan fingerprint density at radius 2 is 1.88 bits per heavy atom. The Balaban J connectivity index is 1.47. The zero-order valence-electron chi connectivity index (χ0n) is 18.9. The van der Waals surface area contributed by atoms with E-state index in [1.54, 1.807) is 15.5 Å². The van der Waals surface area contributed by atoms with Gasteiger partial charge in [-0.25, -0.2) is 14.6 Å². The van der Waals surface area contributed by atoms with Crippen LogP contribution in [-0.4, -0.2) is 43.9 Å². The molecule has 3 heterocycles. The molecule has 2 N–H and O–H groups in total. The van der Waals surface area contributed by atoms with E-state index in [1.165, 1.54) is 0 Å². The van der Waals surface area contributed by atoms with Crippen LogP contribution in [0, 0.1) is 13.8 Å². The molecule has 0 saturated heterocycles. The number of carbonyl (C=O) groups is 2. The zero-order chi connectivity index (χ0) is 23.0. The molecule has 1 aromatic carbocycles. The lowest BCUT2D eigenvalue weighted by Gasteiger charge is -2.32. The van der Waals surface area contributed by atoms with Crippen LogP contribution < -0.4 is 15.5 Å². The minimum atomic E-state index is -0.563. The number of fused-ring (bicyclic) bond motifs is 2. The highest BCUT2D eigenvalue weighted by Gasteiger charge is 2.27. The summed E-state index contributed by atoms with van der Waals surface area (Å²) in [5.41, 5.74) is 3.52. The van der Waals surface area contributed by atoms with E-state index >= 15 is 0 Å². The van der Waals surface area contributed by atoms with Crippen molar-refractivity contribution in [3.63, 3.8) is 0 Å². The van der Waals surface area contributed by atoms with Gasteiger partial charge in [-0.05, 0) is 77.3 Å². The van der Waals surface area contributed by atoms with Crippen molar-refractivity contribution in [2.24, 2.45) is 0 Å². The quantitative estimate of drug-likeness (QED) is 0.625. The average molecular weight is 438 g/mol. The molecule has 168 valence electrons. The molecular formula is C22H27N7O3. The SMILES string of the molecule is Cc1cc(C)n2nc(NC(=O)Nc3ccc4c(c3)CCCN4C(=O)OC(C)(C)C)nc2n1. The lowest BCUT2D eigenvalue weighted by atomic mass is 10.0. The van der Waals surface area contributed by atoms with Gasteiger partial charge in [0.2, 0.25) is 0 Å². The van der Waals surface area contributed by atoms with Crippen LogP contribution in [0.4, 0.5) is 26.9 Å². The van der Waals surface area contributed by atoms with E-state index < -0.39 is 11.6 Å². The lowest BCUT2D eigenvalue weighted by molar-refractivity contribution is 0.0578. The van der Waals surface area contributed by atoms with E-state index in [2.05, 4.69) is 25.7 Å². The van der Waals surface area contributed by atoms with Crippen molar-refractivity contribution in [2.45, 2.75) is 53.1 Å². The molecule has 10 nitrogen and oxygen atoms in total. The van der Waals surface area contributed by atoms with Gasteiger partial charge in [0.05, 0.1) is 5.69 Å². The molecule has 0 aliphatic carbocycles. The Morgan fingerprint density at radius 1 is 1.09 bits per heavy atom. The Labute approximate surface area is 186 Å². The number of aromatic nitrogens is 4. The highest BCUT2D eigenvalue weighted by Crippen LogP contribution is 2.31. The van der Waals surface area contributed by atoms with Gasteiger partial charge >= 0.3 is 12.1 Å². The largest absolute Gasteiger partial charge is 0.443 e. The second-order valence-electron chi connectivity index (χ2n) is 8.84. The lowest BCUT2D eigenvalue weighted by Crippen LogP contribution is -2.39. The van der Waals surface area contributed by atoms with Crippen LogP contribution in [0.15, 0.2) is 24.3 Å². The number of hydrogen-bond acceptors (Lipinski definition) is 6. The number of nitrogens with zero attached hydrogens (tertiary/aromatic N) is 5. The molecule has 0 saturated carbocycles. The van der Waals surface area contributed by atoms with E-state index in [0.717, 1.165) is 35.5 Å². The smallest absolute Gasteiger partial charge is 0.414 e. The monoisotopic (exact) mass is 437 g/mol. The Kier molecular flexibility index (Phi) is 5.45. The summed E-state index contributed by atoms with van der Waals surface area (Å²) in [6.45, 7) is 9.91. The van der Waals surface area contributed by atoms with Crippen LogP contribution in [0.2, 0.25) is 0 Å². The van der Waals surface area contributed by atoms with Crippen molar-refractivity contribution >= 4 is 35.2 Å². The summed E-state index contributed by atoms with van der Waals surface area (Å²) in [6, 6.07) is 6.88. The molecule has 3 amide bonds. The number of urea groups is 1. The van der Waals surface area contributed by atoms with Crippen molar-refractivity contribution in [1.82, 2.24) is 19.6 Å². The predicted molar refractivity (Wildman–Crippen MR) is 121 cm³/mol. The number of ether oxygens (including phenoxy) is 1. The van der Waals surface area contributed by atoms with Crippen LogP contribution >= 0.6 is 0 Å². The van der Waals surface area contributed by atoms with Gasteiger partial charge < -0.3 is 10.1 Å². The van der Waals surface area contributed by atoms with Gasteiger partial charge in [0.1, 0.15) is 5.60 Å². The molecule has 32 heavy (non-hydrogen) atoms. The number of anilines is 3. The van der Waals surface area contributed by atoms with Gasteiger partial charge in [-0.15, -0.1) is 5.10 Å². The molecule has 0 unspecified atom stereocenters. The van der Waals surface area contributed by atoms with E-state index in [4.69, 9.17) is 4.74 Å². The zero-order valence-corrected chi connectivity index (χ0v) is 18.9. The standard InChI is InChI=1S/C22H27N7O3/c1-13-11-14(2)29-19(23-13)25-18(27-29)26-20(30)24-16-8-9-17-15(12-16)7-6-10-28(17)21(31)32-22(3,4)5/h8-9,11-12H,6-7,10H2,1-5H3,(H2,24,26,27,30). The van der Waals surface area contributed by atoms with E-state index in [1.807, 2.05) is 52.8 Å². The highest BCUT2D eigenvalue weighted by molar-refractivity contribution is 5.99. The fourth-order valence-corrected chi connectivity index (χ4v) is 3.66. The van der Waals surface area contributed by atoms with Crippen molar-refractivity contribution < 1.29 is 14.3 Å².